The standard InChI is InChI=1S/C24H22BrN3O4/c1-3-32-21(29)11-24(13-31-14-24)15-4-7-17(8-5-15)28-22-18-10-16(25)6-9-19(18)26-12-20(22)27(2)23(28)30/h4-10,12H,3,11,13-14H2,1-2H3. The number of fused-ring (bicyclic) bond motifs is 3. The van der Waals surface area contributed by atoms with Crippen molar-refractivity contribution in [1.82, 2.24) is 14.1 Å². The van der Waals surface area contributed by atoms with Crippen molar-refractivity contribution in [3.05, 3.63) is 69.2 Å². The van der Waals surface area contributed by atoms with Crippen LogP contribution in [0.15, 0.2) is 57.9 Å². The Morgan fingerprint density at radius 2 is 1.97 bits per heavy atom. The second-order valence-corrected chi connectivity index (χ2v) is 9.05. The van der Waals surface area contributed by atoms with Crippen LogP contribution in [0.5, 0.6) is 0 Å². The Kier molecular flexibility index (Phi) is 5.14. The highest BCUT2D eigenvalue weighted by Gasteiger charge is 2.42. The number of halogens is 1. The first-order chi connectivity index (χ1) is 15.4. The van der Waals surface area contributed by atoms with Crippen LogP contribution >= 0.6 is 15.9 Å². The number of ether oxygens (including phenoxy) is 2. The molecule has 0 unspecified atom stereocenters. The Hall–Kier alpha value is -2.97. The van der Waals surface area contributed by atoms with Crippen LogP contribution in [0.2, 0.25) is 0 Å². The average Bonchev–Trinajstić information content (AvgIpc) is 3.02. The Morgan fingerprint density at radius 1 is 1.22 bits per heavy atom. The van der Waals surface area contributed by atoms with Gasteiger partial charge in [0.15, 0.2) is 0 Å². The van der Waals surface area contributed by atoms with E-state index in [4.69, 9.17) is 9.47 Å². The number of carbonyl (C=O) groups excluding carboxylic acids is 1. The van der Waals surface area contributed by atoms with E-state index in [0.717, 1.165) is 37.7 Å². The summed E-state index contributed by atoms with van der Waals surface area (Å²) >= 11 is 3.53. The molecule has 0 radical (unpaired) electrons. The van der Waals surface area contributed by atoms with E-state index >= 15 is 0 Å². The molecule has 1 aliphatic heterocycles. The molecule has 8 heteroatoms. The van der Waals surface area contributed by atoms with Crippen LogP contribution in [0.3, 0.4) is 0 Å². The van der Waals surface area contributed by atoms with Crippen LogP contribution < -0.4 is 5.69 Å². The number of aryl methyl sites for hydroxylation is 1. The lowest BCUT2D eigenvalue weighted by Crippen LogP contribution is -2.48. The number of carbonyl (C=O) groups is 1. The third-order valence-electron chi connectivity index (χ3n) is 6.13. The average molecular weight is 496 g/mol. The smallest absolute Gasteiger partial charge is 0.333 e. The lowest BCUT2D eigenvalue weighted by molar-refractivity contribution is -0.151. The van der Waals surface area contributed by atoms with E-state index in [1.165, 1.54) is 0 Å². The van der Waals surface area contributed by atoms with Crippen LogP contribution in [0.25, 0.3) is 27.6 Å². The predicted molar refractivity (Wildman–Crippen MR) is 125 cm³/mol. The molecule has 0 spiro atoms. The van der Waals surface area contributed by atoms with Crippen LogP contribution in [-0.4, -0.2) is 39.9 Å². The first-order valence-corrected chi connectivity index (χ1v) is 11.2. The van der Waals surface area contributed by atoms with Crippen molar-refractivity contribution in [1.29, 1.82) is 0 Å². The number of imidazole rings is 1. The van der Waals surface area contributed by atoms with Crippen LogP contribution in [0, 0.1) is 0 Å². The van der Waals surface area contributed by atoms with Crippen molar-refractivity contribution in [3.8, 4) is 5.69 Å². The van der Waals surface area contributed by atoms with Crippen LogP contribution in [0.4, 0.5) is 0 Å². The maximum atomic E-state index is 13.2. The highest BCUT2D eigenvalue weighted by molar-refractivity contribution is 9.10. The van der Waals surface area contributed by atoms with Crippen LogP contribution in [0.1, 0.15) is 18.9 Å². The summed E-state index contributed by atoms with van der Waals surface area (Å²) in [7, 11) is 1.75. The summed E-state index contributed by atoms with van der Waals surface area (Å²) in [5.74, 6) is -0.227. The zero-order chi connectivity index (χ0) is 22.5. The molecule has 1 saturated heterocycles. The van der Waals surface area contributed by atoms with Gasteiger partial charge in [-0.1, -0.05) is 28.1 Å². The number of hydrogen-bond acceptors (Lipinski definition) is 5. The van der Waals surface area contributed by atoms with Crippen molar-refractivity contribution >= 4 is 43.8 Å². The van der Waals surface area contributed by atoms with Crippen molar-refractivity contribution in [3.63, 3.8) is 0 Å². The van der Waals surface area contributed by atoms with Crippen molar-refractivity contribution in [2.75, 3.05) is 19.8 Å². The minimum Gasteiger partial charge on any atom is -0.466 e. The molecule has 0 amide bonds. The molecule has 0 bridgehead atoms. The lowest BCUT2D eigenvalue weighted by Gasteiger charge is -2.41. The van der Waals surface area contributed by atoms with Gasteiger partial charge in [0.1, 0.15) is 0 Å². The maximum Gasteiger partial charge on any atom is 0.333 e. The summed E-state index contributed by atoms with van der Waals surface area (Å²) in [6.07, 6.45) is 2.01. The molecule has 0 N–H and O–H groups in total. The molecule has 1 aliphatic rings. The second kappa shape index (κ2) is 7.86. The summed E-state index contributed by atoms with van der Waals surface area (Å²) < 4.78 is 14.8. The molecule has 0 atom stereocenters. The number of rotatable bonds is 5. The zero-order valence-corrected chi connectivity index (χ0v) is 19.4. The quantitative estimate of drug-likeness (QED) is 0.393. The molecule has 32 heavy (non-hydrogen) atoms. The minimum absolute atomic E-state index is 0.143. The van der Waals surface area contributed by atoms with Gasteiger partial charge in [-0.05, 0) is 42.8 Å². The predicted octanol–water partition coefficient (Wildman–Crippen LogP) is 3.86. The van der Waals surface area contributed by atoms with Gasteiger partial charge in [0.25, 0.3) is 0 Å². The molecule has 5 rings (SSSR count). The molecule has 2 aromatic carbocycles. The van der Waals surface area contributed by atoms with E-state index in [0.29, 0.717) is 19.8 Å². The van der Waals surface area contributed by atoms with E-state index in [2.05, 4.69) is 20.9 Å². The molecule has 0 saturated carbocycles. The van der Waals surface area contributed by atoms with E-state index < -0.39 is 0 Å². The number of nitrogens with zero attached hydrogens (tertiary/aromatic N) is 3. The first-order valence-electron chi connectivity index (χ1n) is 10.4. The Morgan fingerprint density at radius 3 is 2.62 bits per heavy atom. The number of pyridine rings is 1. The molecule has 3 heterocycles. The van der Waals surface area contributed by atoms with Gasteiger partial charge in [-0.2, -0.15) is 0 Å². The number of aromatic nitrogens is 3. The number of hydrogen-bond donors (Lipinski definition) is 0. The zero-order valence-electron chi connectivity index (χ0n) is 17.8. The summed E-state index contributed by atoms with van der Waals surface area (Å²) in [5.41, 5.74) is 3.62. The van der Waals surface area contributed by atoms with Gasteiger partial charge >= 0.3 is 11.7 Å². The van der Waals surface area contributed by atoms with Gasteiger partial charge < -0.3 is 9.47 Å². The second-order valence-electron chi connectivity index (χ2n) is 8.13. The molecule has 164 valence electrons. The number of esters is 1. The fourth-order valence-electron chi connectivity index (χ4n) is 4.38. The Labute approximate surface area is 192 Å². The van der Waals surface area contributed by atoms with E-state index in [1.54, 1.807) is 29.3 Å². The fraction of sp³-hybridized carbons (Fsp3) is 0.292. The molecular formula is C24H22BrN3O4. The summed E-state index contributed by atoms with van der Waals surface area (Å²) in [6, 6.07) is 13.6. The Bertz CT molecular complexity index is 1400. The number of benzene rings is 2. The SMILES string of the molecule is CCOC(=O)CC1(c2ccc(-n3c(=O)n(C)c4cnc5ccc(Br)cc5c43)cc2)COC1. The van der Waals surface area contributed by atoms with Crippen molar-refractivity contribution < 1.29 is 14.3 Å². The third-order valence-corrected chi connectivity index (χ3v) is 6.62. The van der Waals surface area contributed by atoms with E-state index in [9.17, 15) is 9.59 Å². The van der Waals surface area contributed by atoms with Gasteiger partial charge in [-0.3, -0.25) is 18.9 Å². The van der Waals surface area contributed by atoms with Gasteiger partial charge in [-0.15, -0.1) is 0 Å². The van der Waals surface area contributed by atoms with E-state index in [1.807, 2.05) is 42.5 Å². The summed E-state index contributed by atoms with van der Waals surface area (Å²) in [6.45, 7) is 3.11. The van der Waals surface area contributed by atoms with Crippen molar-refractivity contribution in [2.45, 2.75) is 18.8 Å². The minimum atomic E-state index is -0.379. The van der Waals surface area contributed by atoms with Crippen LogP contribution in [-0.2, 0) is 26.7 Å². The fourth-order valence-corrected chi connectivity index (χ4v) is 4.74. The van der Waals surface area contributed by atoms with Gasteiger partial charge in [0.05, 0.1) is 60.1 Å². The molecule has 4 aromatic rings. The largest absolute Gasteiger partial charge is 0.466 e. The normalized spacial score (nSPS) is 15.1. The molecule has 0 aliphatic carbocycles. The topological polar surface area (TPSA) is 75.4 Å². The molecule has 7 nitrogen and oxygen atoms in total. The molecule has 2 aromatic heterocycles. The maximum absolute atomic E-state index is 13.2. The highest BCUT2D eigenvalue weighted by atomic mass is 79.9. The summed E-state index contributed by atoms with van der Waals surface area (Å²) in [4.78, 5) is 29.8. The van der Waals surface area contributed by atoms with Gasteiger partial charge in [-0.25, -0.2) is 4.79 Å². The van der Waals surface area contributed by atoms with Gasteiger partial charge in [0.2, 0.25) is 0 Å². The monoisotopic (exact) mass is 495 g/mol. The van der Waals surface area contributed by atoms with E-state index in [-0.39, 0.29) is 23.5 Å². The first kappa shape index (κ1) is 20.9. The Balaban J connectivity index is 1.62. The summed E-state index contributed by atoms with van der Waals surface area (Å²) in [5, 5.41) is 0.893. The van der Waals surface area contributed by atoms with Crippen molar-refractivity contribution in [2.24, 2.45) is 7.05 Å². The third kappa shape index (κ3) is 3.25. The lowest BCUT2D eigenvalue weighted by atomic mass is 9.76. The van der Waals surface area contributed by atoms with Gasteiger partial charge in [0, 0.05) is 16.9 Å². The molecule has 1 fully saturated rings. The molecular weight excluding hydrogens is 474 g/mol. The highest BCUT2D eigenvalue weighted by Crippen LogP contribution is 2.37.